The summed E-state index contributed by atoms with van der Waals surface area (Å²) in [6, 6.07) is 18.5. The molecular formula is C22H19N3O3S2. The van der Waals surface area contributed by atoms with Crippen LogP contribution in [0.4, 0.5) is 5.69 Å². The molecule has 152 valence electrons. The van der Waals surface area contributed by atoms with Crippen molar-refractivity contribution in [3.05, 3.63) is 83.3 Å². The summed E-state index contributed by atoms with van der Waals surface area (Å²) in [7, 11) is 0. The van der Waals surface area contributed by atoms with Crippen molar-refractivity contribution in [3.8, 4) is 0 Å². The molecule has 0 saturated heterocycles. The van der Waals surface area contributed by atoms with Crippen LogP contribution in [-0.2, 0) is 17.1 Å². The van der Waals surface area contributed by atoms with E-state index in [2.05, 4.69) is 15.6 Å². The molecule has 2 amide bonds. The van der Waals surface area contributed by atoms with Gasteiger partial charge in [-0.05, 0) is 36.4 Å². The Morgan fingerprint density at radius 3 is 2.70 bits per heavy atom. The minimum Gasteiger partial charge on any atom is -0.467 e. The van der Waals surface area contributed by atoms with Crippen molar-refractivity contribution in [2.24, 2.45) is 0 Å². The summed E-state index contributed by atoms with van der Waals surface area (Å²) in [5, 5.41) is 6.63. The van der Waals surface area contributed by atoms with E-state index in [-0.39, 0.29) is 24.1 Å². The van der Waals surface area contributed by atoms with E-state index in [1.165, 1.54) is 11.8 Å². The molecule has 2 heterocycles. The number of fused-ring (bicyclic) bond motifs is 1. The van der Waals surface area contributed by atoms with Gasteiger partial charge >= 0.3 is 0 Å². The fraction of sp³-hybridized carbons (Fsp3) is 0.136. The van der Waals surface area contributed by atoms with Crippen molar-refractivity contribution in [3.63, 3.8) is 0 Å². The lowest BCUT2D eigenvalue weighted by Gasteiger charge is -2.11. The van der Waals surface area contributed by atoms with E-state index in [9.17, 15) is 9.59 Å². The molecule has 2 aromatic carbocycles. The van der Waals surface area contributed by atoms with Gasteiger partial charge < -0.3 is 15.1 Å². The van der Waals surface area contributed by atoms with Gasteiger partial charge in [-0.2, -0.15) is 0 Å². The van der Waals surface area contributed by atoms with Crippen LogP contribution < -0.4 is 10.6 Å². The Morgan fingerprint density at radius 2 is 1.87 bits per heavy atom. The van der Waals surface area contributed by atoms with Gasteiger partial charge in [0.2, 0.25) is 5.91 Å². The maximum Gasteiger partial charge on any atom is 0.253 e. The van der Waals surface area contributed by atoms with Gasteiger partial charge in [-0.15, -0.1) is 23.1 Å². The number of benzene rings is 2. The number of aromatic nitrogens is 1. The SMILES string of the molecule is O=C(CSCc1nc2ccccc2s1)Nc1ccccc1C(=O)NCc1ccco1. The molecular weight excluding hydrogens is 418 g/mol. The van der Waals surface area contributed by atoms with Crippen LogP contribution in [0, 0.1) is 0 Å². The molecule has 0 unspecified atom stereocenters. The first-order chi connectivity index (χ1) is 14.7. The van der Waals surface area contributed by atoms with Crippen LogP contribution in [0.15, 0.2) is 71.3 Å². The van der Waals surface area contributed by atoms with E-state index in [0.717, 1.165) is 15.2 Å². The average Bonchev–Trinajstić information content (AvgIpc) is 3.41. The molecule has 0 bridgehead atoms. The van der Waals surface area contributed by atoms with Gasteiger partial charge in [0.15, 0.2) is 0 Å². The first-order valence-electron chi connectivity index (χ1n) is 9.31. The zero-order valence-electron chi connectivity index (χ0n) is 16.0. The van der Waals surface area contributed by atoms with Gasteiger partial charge in [0.1, 0.15) is 10.8 Å². The molecule has 0 aliphatic carbocycles. The number of para-hydroxylation sites is 2. The highest BCUT2D eigenvalue weighted by Crippen LogP contribution is 2.25. The van der Waals surface area contributed by atoms with E-state index in [0.29, 0.717) is 22.8 Å². The van der Waals surface area contributed by atoms with E-state index < -0.39 is 0 Å². The summed E-state index contributed by atoms with van der Waals surface area (Å²) in [6.07, 6.45) is 1.56. The molecule has 4 aromatic rings. The second-order valence-corrected chi connectivity index (χ2v) is 8.52. The smallest absolute Gasteiger partial charge is 0.253 e. The van der Waals surface area contributed by atoms with Gasteiger partial charge in [-0.1, -0.05) is 24.3 Å². The van der Waals surface area contributed by atoms with E-state index in [4.69, 9.17) is 4.42 Å². The minimum absolute atomic E-state index is 0.160. The first kappa shape index (κ1) is 20.2. The number of nitrogens with zero attached hydrogens (tertiary/aromatic N) is 1. The number of rotatable bonds is 8. The van der Waals surface area contributed by atoms with Crippen molar-refractivity contribution in [1.82, 2.24) is 10.3 Å². The van der Waals surface area contributed by atoms with Crippen molar-refractivity contribution in [2.75, 3.05) is 11.1 Å². The minimum atomic E-state index is -0.274. The molecule has 0 spiro atoms. The summed E-state index contributed by atoms with van der Waals surface area (Å²) >= 11 is 3.13. The summed E-state index contributed by atoms with van der Waals surface area (Å²) < 4.78 is 6.37. The number of anilines is 1. The van der Waals surface area contributed by atoms with Gasteiger partial charge in [-0.25, -0.2) is 4.98 Å². The van der Waals surface area contributed by atoms with Crippen molar-refractivity contribution < 1.29 is 14.0 Å². The number of amides is 2. The Labute approximate surface area is 181 Å². The van der Waals surface area contributed by atoms with Crippen LogP contribution in [0.5, 0.6) is 0 Å². The predicted octanol–water partition coefficient (Wildman–Crippen LogP) is 4.69. The lowest BCUT2D eigenvalue weighted by molar-refractivity contribution is -0.113. The molecule has 30 heavy (non-hydrogen) atoms. The number of furan rings is 1. The third-order valence-electron chi connectivity index (χ3n) is 4.25. The maximum absolute atomic E-state index is 12.5. The zero-order chi connectivity index (χ0) is 20.8. The normalized spacial score (nSPS) is 10.8. The highest BCUT2D eigenvalue weighted by Gasteiger charge is 2.14. The molecule has 0 fully saturated rings. The number of carbonyl (C=O) groups is 2. The summed E-state index contributed by atoms with van der Waals surface area (Å²) in [4.78, 5) is 29.5. The second kappa shape index (κ2) is 9.60. The number of hydrogen-bond acceptors (Lipinski definition) is 6. The van der Waals surface area contributed by atoms with Crippen molar-refractivity contribution >= 4 is 50.8 Å². The third kappa shape index (κ3) is 5.08. The van der Waals surface area contributed by atoms with Crippen LogP contribution >= 0.6 is 23.1 Å². The van der Waals surface area contributed by atoms with Crippen LogP contribution in [0.3, 0.4) is 0 Å². The second-order valence-electron chi connectivity index (χ2n) is 6.42. The molecule has 0 saturated carbocycles. The fourth-order valence-electron chi connectivity index (χ4n) is 2.86. The molecule has 8 heteroatoms. The number of nitrogens with one attached hydrogen (secondary N) is 2. The molecule has 2 aromatic heterocycles. The monoisotopic (exact) mass is 437 g/mol. The maximum atomic E-state index is 12.5. The summed E-state index contributed by atoms with van der Waals surface area (Å²) in [5.74, 6) is 1.17. The molecule has 6 nitrogen and oxygen atoms in total. The quantitative estimate of drug-likeness (QED) is 0.418. The lowest BCUT2D eigenvalue weighted by atomic mass is 10.1. The first-order valence-corrected chi connectivity index (χ1v) is 11.3. The molecule has 0 atom stereocenters. The average molecular weight is 438 g/mol. The predicted molar refractivity (Wildman–Crippen MR) is 121 cm³/mol. The Kier molecular flexibility index (Phi) is 6.46. The van der Waals surface area contributed by atoms with Crippen molar-refractivity contribution in [2.45, 2.75) is 12.3 Å². The van der Waals surface area contributed by atoms with E-state index in [1.54, 1.807) is 54.0 Å². The Morgan fingerprint density at radius 1 is 1.03 bits per heavy atom. The summed E-state index contributed by atoms with van der Waals surface area (Å²) in [5.41, 5.74) is 1.88. The third-order valence-corrected chi connectivity index (χ3v) is 6.41. The topological polar surface area (TPSA) is 84.2 Å². The molecule has 2 N–H and O–H groups in total. The fourth-order valence-corrected chi connectivity index (χ4v) is 4.71. The highest BCUT2D eigenvalue weighted by atomic mass is 32.2. The van der Waals surface area contributed by atoms with Crippen LogP contribution in [-0.4, -0.2) is 22.6 Å². The molecule has 0 radical (unpaired) electrons. The van der Waals surface area contributed by atoms with E-state index >= 15 is 0 Å². The molecule has 0 aliphatic heterocycles. The van der Waals surface area contributed by atoms with E-state index in [1.807, 2.05) is 24.3 Å². The number of thioether (sulfide) groups is 1. The Balaban J connectivity index is 1.31. The van der Waals surface area contributed by atoms with Crippen LogP contribution in [0.25, 0.3) is 10.2 Å². The number of hydrogen-bond donors (Lipinski definition) is 2. The Bertz CT molecular complexity index is 1120. The standard InChI is InChI=1S/C22H19N3O3S2/c26-20(13-29-14-21-25-18-9-3-4-10-19(18)30-21)24-17-8-2-1-7-16(17)22(27)23-12-15-6-5-11-28-15/h1-11H,12-14H2,(H,23,27)(H,24,26). The van der Waals surface area contributed by atoms with Crippen LogP contribution in [0.1, 0.15) is 21.1 Å². The highest BCUT2D eigenvalue weighted by molar-refractivity contribution is 7.99. The molecule has 4 rings (SSSR count). The van der Waals surface area contributed by atoms with Crippen LogP contribution in [0.2, 0.25) is 0 Å². The van der Waals surface area contributed by atoms with Gasteiger partial charge in [0.05, 0.1) is 40.0 Å². The number of thiazole rings is 1. The Hall–Kier alpha value is -3.10. The van der Waals surface area contributed by atoms with Gasteiger partial charge in [0, 0.05) is 5.75 Å². The van der Waals surface area contributed by atoms with Crippen molar-refractivity contribution in [1.29, 1.82) is 0 Å². The zero-order valence-corrected chi connectivity index (χ0v) is 17.6. The lowest BCUT2D eigenvalue weighted by Crippen LogP contribution is -2.25. The van der Waals surface area contributed by atoms with Gasteiger partial charge in [-0.3, -0.25) is 9.59 Å². The largest absolute Gasteiger partial charge is 0.467 e. The van der Waals surface area contributed by atoms with Gasteiger partial charge in [0.25, 0.3) is 5.91 Å². The number of carbonyl (C=O) groups excluding carboxylic acids is 2. The molecule has 0 aliphatic rings. The summed E-state index contributed by atoms with van der Waals surface area (Å²) in [6.45, 7) is 0.284.